The lowest BCUT2D eigenvalue weighted by Gasteiger charge is -2.13. The number of nitrogens with one attached hydrogen (secondary N) is 1. The summed E-state index contributed by atoms with van der Waals surface area (Å²) >= 11 is 0. The molecular formula is C13H21NO5S. The fourth-order valence-corrected chi connectivity index (χ4v) is 2.00. The van der Waals surface area contributed by atoms with Crippen molar-refractivity contribution in [3.63, 3.8) is 0 Å². The highest BCUT2D eigenvalue weighted by atomic mass is 32.2. The van der Waals surface area contributed by atoms with Crippen molar-refractivity contribution in [1.29, 1.82) is 0 Å². The van der Waals surface area contributed by atoms with E-state index in [0.717, 1.165) is 0 Å². The van der Waals surface area contributed by atoms with Crippen LogP contribution in [0.4, 0.5) is 5.69 Å². The molecule has 0 amide bonds. The van der Waals surface area contributed by atoms with Gasteiger partial charge in [0.15, 0.2) is 6.10 Å². The van der Waals surface area contributed by atoms with Crippen molar-refractivity contribution in [3.05, 3.63) is 24.3 Å². The van der Waals surface area contributed by atoms with Crippen LogP contribution < -0.4 is 9.46 Å². The van der Waals surface area contributed by atoms with E-state index in [1.54, 1.807) is 45.0 Å². The Labute approximate surface area is 120 Å². The lowest BCUT2D eigenvalue weighted by Crippen LogP contribution is -2.26. The fourth-order valence-electron chi connectivity index (χ4n) is 1.37. The first-order valence-electron chi connectivity index (χ1n) is 6.31. The second-order valence-corrected chi connectivity index (χ2v) is 6.05. The molecule has 0 aliphatic rings. The molecule has 0 saturated heterocycles. The minimum absolute atomic E-state index is 0. The molecule has 1 unspecified atom stereocenters. The largest absolute Gasteiger partial charge is 0.479 e. The van der Waals surface area contributed by atoms with Crippen LogP contribution in [0.3, 0.4) is 0 Å². The summed E-state index contributed by atoms with van der Waals surface area (Å²) in [4.78, 5) is 11.4. The second kappa shape index (κ2) is 7.14. The number of sulfonamides is 1. The maximum Gasteiger partial charge on any atom is 0.347 e. The van der Waals surface area contributed by atoms with Crippen LogP contribution in [0.2, 0.25) is 0 Å². The Morgan fingerprint density at radius 3 is 2.40 bits per heavy atom. The van der Waals surface area contributed by atoms with Crippen molar-refractivity contribution in [1.82, 2.24) is 0 Å². The van der Waals surface area contributed by atoms with Crippen LogP contribution in [0.1, 0.15) is 22.2 Å². The Balaban J connectivity index is 0.00000400. The van der Waals surface area contributed by atoms with Crippen LogP contribution in [0.5, 0.6) is 5.75 Å². The highest BCUT2D eigenvalue weighted by Crippen LogP contribution is 2.18. The van der Waals surface area contributed by atoms with E-state index in [2.05, 4.69) is 4.72 Å². The first kappa shape index (κ1) is 16.3. The van der Waals surface area contributed by atoms with Gasteiger partial charge in [-0.25, -0.2) is 13.2 Å². The number of carbonyl (C=O) groups is 1. The van der Waals surface area contributed by atoms with Gasteiger partial charge in [-0.2, -0.15) is 0 Å². The SMILES string of the molecule is CCOC(=O)C(C)Oc1ccc(NS(=O)(=O)CC)cc1.[HH]. The van der Waals surface area contributed by atoms with Gasteiger partial charge in [0, 0.05) is 7.11 Å². The topological polar surface area (TPSA) is 81.7 Å². The summed E-state index contributed by atoms with van der Waals surface area (Å²) in [5.41, 5.74) is 0.447. The third-order valence-corrected chi connectivity index (χ3v) is 3.75. The number of esters is 1. The number of carbonyl (C=O) groups excluding carboxylic acids is 1. The minimum atomic E-state index is -3.29. The van der Waals surface area contributed by atoms with Crippen LogP contribution >= 0.6 is 0 Å². The zero-order valence-electron chi connectivity index (χ0n) is 11.8. The van der Waals surface area contributed by atoms with Crippen molar-refractivity contribution >= 4 is 21.7 Å². The van der Waals surface area contributed by atoms with Crippen molar-refractivity contribution in [2.24, 2.45) is 0 Å². The van der Waals surface area contributed by atoms with Crippen LogP contribution in [0.25, 0.3) is 0 Å². The van der Waals surface area contributed by atoms with Gasteiger partial charge in [-0.1, -0.05) is 0 Å². The molecule has 0 fully saturated rings. The molecule has 1 rings (SSSR count). The van der Waals surface area contributed by atoms with E-state index >= 15 is 0 Å². The molecule has 114 valence electrons. The van der Waals surface area contributed by atoms with Crippen LogP contribution in [0, 0.1) is 0 Å². The summed E-state index contributed by atoms with van der Waals surface area (Å²) in [6.07, 6.45) is -0.715. The highest BCUT2D eigenvalue weighted by Gasteiger charge is 2.15. The molecule has 1 N–H and O–H groups in total. The maximum atomic E-state index is 11.4. The standard InChI is InChI=1S/C13H19NO5S.H2/c1-4-18-13(15)10(3)19-12-8-6-11(7-9-12)14-20(16,17)5-2;/h6-10,14H,4-5H2,1-3H3;1H. The molecule has 0 saturated carbocycles. The van der Waals surface area contributed by atoms with Gasteiger partial charge in [-0.15, -0.1) is 0 Å². The van der Waals surface area contributed by atoms with E-state index in [0.29, 0.717) is 18.0 Å². The smallest absolute Gasteiger partial charge is 0.347 e. The molecule has 1 aromatic rings. The minimum Gasteiger partial charge on any atom is -0.479 e. The first-order valence-corrected chi connectivity index (χ1v) is 7.97. The summed E-state index contributed by atoms with van der Waals surface area (Å²) in [7, 11) is -3.29. The number of anilines is 1. The molecule has 6 nitrogen and oxygen atoms in total. The predicted molar refractivity (Wildman–Crippen MR) is 78.4 cm³/mol. The van der Waals surface area contributed by atoms with Gasteiger partial charge in [-0.05, 0) is 45.0 Å². The monoisotopic (exact) mass is 303 g/mol. The molecular weight excluding hydrogens is 282 g/mol. The average Bonchev–Trinajstić information content (AvgIpc) is 2.41. The Morgan fingerprint density at radius 2 is 1.90 bits per heavy atom. The van der Waals surface area contributed by atoms with Gasteiger partial charge >= 0.3 is 5.97 Å². The van der Waals surface area contributed by atoms with Gasteiger partial charge in [0.05, 0.1) is 12.4 Å². The molecule has 0 spiro atoms. The Kier molecular flexibility index (Phi) is 5.82. The zero-order chi connectivity index (χ0) is 15.2. The number of ether oxygens (including phenoxy) is 2. The van der Waals surface area contributed by atoms with Gasteiger partial charge in [0.2, 0.25) is 10.0 Å². The van der Waals surface area contributed by atoms with Crippen molar-refractivity contribution < 1.29 is 24.1 Å². The van der Waals surface area contributed by atoms with Gasteiger partial charge in [0.25, 0.3) is 0 Å². The third-order valence-electron chi connectivity index (χ3n) is 2.44. The molecule has 0 radical (unpaired) electrons. The molecule has 1 atom stereocenters. The van der Waals surface area contributed by atoms with E-state index in [-0.39, 0.29) is 7.18 Å². The summed E-state index contributed by atoms with van der Waals surface area (Å²) in [5, 5.41) is 0. The van der Waals surface area contributed by atoms with Gasteiger partial charge in [-0.3, -0.25) is 4.72 Å². The molecule has 0 heterocycles. The number of benzene rings is 1. The van der Waals surface area contributed by atoms with E-state index in [1.807, 2.05) is 0 Å². The molecule has 0 aliphatic heterocycles. The molecule has 0 aromatic heterocycles. The van der Waals surface area contributed by atoms with E-state index in [4.69, 9.17) is 9.47 Å². The van der Waals surface area contributed by atoms with E-state index in [9.17, 15) is 13.2 Å². The third kappa shape index (κ3) is 5.08. The Morgan fingerprint density at radius 1 is 1.30 bits per heavy atom. The average molecular weight is 303 g/mol. The molecule has 7 heteroatoms. The normalized spacial score (nSPS) is 12.6. The lowest BCUT2D eigenvalue weighted by molar-refractivity contribution is -0.150. The maximum absolute atomic E-state index is 11.4. The zero-order valence-corrected chi connectivity index (χ0v) is 12.6. The van der Waals surface area contributed by atoms with Crippen molar-refractivity contribution in [3.8, 4) is 5.75 Å². The quantitative estimate of drug-likeness (QED) is 0.779. The molecule has 0 aliphatic carbocycles. The second-order valence-electron chi connectivity index (χ2n) is 4.04. The lowest BCUT2D eigenvalue weighted by atomic mass is 10.3. The number of hydrogen-bond donors (Lipinski definition) is 1. The van der Waals surface area contributed by atoms with Crippen LogP contribution in [-0.2, 0) is 19.6 Å². The Bertz CT molecular complexity index is 544. The van der Waals surface area contributed by atoms with Crippen molar-refractivity contribution in [2.75, 3.05) is 17.1 Å². The molecule has 0 bridgehead atoms. The fraction of sp³-hybridized carbons (Fsp3) is 0.462. The highest BCUT2D eigenvalue weighted by molar-refractivity contribution is 7.92. The summed E-state index contributed by atoms with van der Waals surface area (Å²) in [5.74, 6) is 0.0266. The van der Waals surface area contributed by atoms with Crippen LogP contribution in [-0.4, -0.2) is 32.9 Å². The number of rotatable bonds is 7. The summed E-state index contributed by atoms with van der Waals surface area (Å²) in [6.45, 7) is 5.16. The Hall–Kier alpha value is -1.76. The first-order chi connectivity index (χ1) is 9.38. The van der Waals surface area contributed by atoms with Gasteiger partial charge in [0.1, 0.15) is 5.75 Å². The van der Waals surface area contributed by atoms with Crippen molar-refractivity contribution in [2.45, 2.75) is 26.9 Å². The predicted octanol–water partition coefficient (Wildman–Crippen LogP) is 2.02. The summed E-state index contributed by atoms with van der Waals surface area (Å²) < 4.78 is 35.4. The summed E-state index contributed by atoms with van der Waals surface area (Å²) in [6, 6.07) is 6.31. The van der Waals surface area contributed by atoms with E-state index in [1.165, 1.54) is 0 Å². The van der Waals surface area contributed by atoms with Gasteiger partial charge < -0.3 is 9.47 Å². The number of hydrogen-bond acceptors (Lipinski definition) is 5. The van der Waals surface area contributed by atoms with E-state index < -0.39 is 22.1 Å². The molecule has 1 aromatic carbocycles. The van der Waals surface area contributed by atoms with Crippen LogP contribution in [0.15, 0.2) is 24.3 Å². The molecule has 20 heavy (non-hydrogen) atoms.